The van der Waals surface area contributed by atoms with Crippen molar-refractivity contribution in [3.63, 3.8) is 0 Å². The number of carbonyl (C=O) groups excluding carboxylic acids is 5. The molecule has 1 aliphatic rings. The van der Waals surface area contributed by atoms with Crippen LogP contribution in [0.4, 0.5) is 28.4 Å². The Morgan fingerprint density at radius 1 is 0.304 bits per heavy atom. The number of nitrogens with zero attached hydrogens (tertiary/aromatic N) is 3. The zero-order chi connectivity index (χ0) is 57.1. The van der Waals surface area contributed by atoms with Gasteiger partial charge in [-0.3, -0.25) is 24.0 Å². The van der Waals surface area contributed by atoms with E-state index in [0.717, 1.165) is 5.56 Å². The summed E-state index contributed by atoms with van der Waals surface area (Å²) in [6.07, 6.45) is 0. The average Bonchev–Trinajstić information content (AvgIpc) is 3.51. The molecule has 22 heteroatoms. The topological polar surface area (TPSA) is 238 Å². The summed E-state index contributed by atoms with van der Waals surface area (Å²) in [5, 5.41) is 13.9. The summed E-state index contributed by atoms with van der Waals surface area (Å²) in [6.45, 7) is 28.4. The largest absolute Gasteiger partial charge is 0.460 e. The standard InChI is InChI=1S/C57H57N8O11P3/c1-36(2)53(66)58-42-14-26-48(27-15-42)72-77(71-47-24-12-41(11)13-25-47)63-78(73-49-28-16-43(17-29-49)59-54(67)37(3)4,74-50-30-18-44(19-31-50)60-55(68)38(5)6)65-79(64-77,75-51-32-20-45(21-33-51)61-56(69)39(7)8)76-52-34-22-46(23-35-52)62-57(70)40(9)10/h12-35H,1,3,5,7,9H2,2,4,6,8,10-11H3,(H,58,66)(H,59,67)(H,60,68)(H,61,69)(H,62,70). The van der Waals surface area contributed by atoms with Gasteiger partial charge < -0.3 is 53.7 Å². The van der Waals surface area contributed by atoms with Gasteiger partial charge in [-0.1, -0.05) is 64.1 Å². The summed E-state index contributed by atoms with van der Waals surface area (Å²) >= 11 is 0. The van der Waals surface area contributed by atoms with Crippen LogP contribution in [0.25, 0.3) is 0 Å². The van der Waals surface area contributed by atoms with E-state index < -0.39 is 52.5 Å². The molecular weight excluding hydrogens is 1070 g/mol. The molecule has 0 saturated heterocycles. The Bertz CT molecular complexity index is 3280. The number of nitrogens with one attached hydrogen (secondary N) is 5. The predicted octanol–water partition coefficient (Wildman–Crippen LogP) is 15.2. The molecule has 6 aromatic carbocycles. The molecular formula is C57H57N8O11P3. The Kier molecular flexibility index (Phi) is 18.1. The number of amides is 5. The van der Waals surface area contributed by atoms with Crippen LogP contribution >= 0.6 is 23.0 Å². The number of carbonyl (C=O) groups is 5. The molecule has 7 rings (SSSR count). The molecule has 0 saturated carbocycles. The van der Waals surface area contributed by atoms with Gasteiger partial charge in [0.1, 0.15) is 34.5 Å². The Balaban J connectivity index is 1.54. The van der Waals surface area contributed by atoms with Crippen LogP contribution in [0.1, 0.15) is 40.2 Å². The van der Waals surface area contributed by atoms with Gasteiger partial charge in [-0.15, -0.1) is 0 Å². The lowest BCUT2D eigenvalue weighted by Gasteiger charge is -2.33. The Morgan fingerprint density at radius 3 is 0.608 bits per heavy atom. The zero-order valence-corrected chi connectivity index (χ0v) is 46.7. The van der Waals surface area contributed by atoms with Gasteiger partial charge in [-0.25, -0.2) is 0 Å². The van der Waals surface area contributed by atoms with Crippen molar-refractivity contribution in [2.45, 2.75) is 41.5 Å². The molecule has 19 nitrogen and oxygen atoms in total. The smallest absolute Gasteiger partial charge is 0.413 e. The molecule has 0 fully saturated rings. The summed E-state index contributed by atoms with van der Waals surface area (Å²) in [5.41, 5.74) is 4.36. The summed E-state index contributed by atoms with van der Waals surface area (Å²) in [4.78, 5) is 63.4. The monoisotopic (exact) mass is 1120 g/mol. The van der Waals surface area contributed by atoms with Gasteiger partial charge in [-0.2, -0.15) is 0 Å². The van der Waals surface area contributed by atoms with Crippen LogP contribution in [-0.4, -0.2) is 29.5 Å². The van der Waals surface area contributed by atoms with E-state index in [0.29, 0.717) is 28.4 Å². The SMILES string of the molecule is C=C(C)C(=O)Nc1ccc(OP2(Oc3ccc(C)cc3)=NP(Oc3ccc(NC(=O)C(=C)C)cc3)(Oc3ccc(NC(=O)C(=C)C)cc3)=NP(Oc3ccc(NC(=O)C(=C)C)cc3)(Oc3ccc(NC(=O)C(=C)C)cc3)=N2)cc1. The molecule has 6 aromatic rings. The van der Waals surface area contributed by atoms with Gasteiger partial charge in [0.2, 0.25) is 0 Å². The van der Waals surface area contributed by atoms with Crippen molar-refractivity contribution in [3.05, 3.63) is 212 Å². The van der Waals surface area contributed by atoms with E-state index in [2.05, 4.69) is 59.5 Å². The van der Waals surface area contributed by atoms with E-state index in [9.17, 15) is 24.0 Å². The Morgan fingerprint density at radius 2 is 0.456 bits per heavy atom. The molecule has 1 aliphatic heterocycles. The first kappa shape index (κ1) is 57.6. The second-order valence-corrected chi connectivity index (χ2v) is 24.1. The Labute approximate surface area is 458 Å². The normalized spacial score (nSPS) is 14.5. The van der Waals surface area contributed by atoms with Crippen LogP contribution in [0.2, 0.25) is 0 Å². The van der Waals surface area contributed by atoms with Crippen LogP contribution in [0, 0.1) is 6.92 Å². The molecule has 1 heterocycles. The number of rotatable bonds is 22. The highest BCUT2D eigenvalue weighted by molar-refractivity contribution is 7.79. The van der Waals surface area contributed by atoms with Crippen molar-refractivity contribution < 1.29 is 51.1 Å². The molecule has 1 unspecified atom stereocenters. The van der Waals surface area contributed by atoms with Gasteiger partial charge in [0.15, 0.2) is 0 Å². The lowest BCUT2D eigenvalue weighted by atomic mass is 10.2. The summed E-state index contributed by atoms with van der Waals surface area (Å²) in [7, 11) is -13.5. The molecule has 5 N–H and O–H groups in total. The van der Waals surface area contributed by atoms with Crippen LogP contribution in [0.5, 0.6) is 34.5 Å². The maximum absolute atomic E-state index is 12.7. The number of hydrogen-bond acceptors (Lipinski definition) is 14. The fourth-order valence-electron chi connectivity index (χ4n) is 6.36. The molecule has 79 heavy (non-hydrogen) atoms. The first-order valence-corrected chi connectivity index (χ1v) is 28.6. The van der Waals surface area contributed by atoms with Crippen molar-refractivity contribution in [1.82, 2.24) is 0 Å². The lowest BCUT2D eigenvalue weighted by Crippen LogP contribution is -2.13. The highest BCUT2D eigenvalue weighted by atomic mass is 31.3. The van der Waals surface area contributed by atoms with E-state index in [4.69, 9.17) is 40.7 Å². The average molecular weight is 1120 g/mol. The number of benzene rings is 6. The molecule has 406 valence electrons. The summed E-state index contributed by atoms with van der Waals surface area (Å²) < 4.78 is 57.5. The van der Waals surface area contributed by atoms with E-state index in [-0.39, 0.29) is 62.4 Å². The van der Waals surface area contributed by atoms with Crippen LogP contribution in [0.3, 0.4) is 0 Å². The molecule has 0 aromatic heterocycles. The lowest BCUT2D eigenvalue weighted by molar-refractivity contribution is -0.113. The first-order valence-electron chi connectivity index (χ1n) is 24.0. The third-order valence-electron chi connectivity index (χ3n) is 10.5. The fourth-order valence-corrected chi connectivity index (χ4v) is 15.4. The van der Waals surface area contributed by atoms with Gasteiger partial charge in [0.05, 0.1) is 0 Å². The van der Waals surface area contributed by atoms with E-state index in [1.165, 1.54) is 0 Å². The van der Waals surface area contributed by atoms with Crippen LogP contribution < -0.4 is 53.7 Å². The van der Waals surface area contributed by atoms with Crippen molar-refractivity contribution in [2.24, 2.45) is 13.5 Å². The van der Waals surface area contributed by atoms with E-state index in [1.54, 1.807) is 168 Å². The fraction of sp³-hybridized carbons (Fsp3) is 0.105. The zero-order valence-electron chi connectivity index (χ0n) is 44.1. The number of hydrogen-bond donors (Lipinski definition) is 5. The molecule has 5 amide bonds. The third-order valence-corrected chi connectivity index (χ3v) is 18.7. The summed E-state index contributed by atoms with van der Waals surface area (Å²) in [6, 6.07) is 38.6. The second-order valence-electron chi connectivity index (χ2n) is 17.9. The van der Waals surface area contributed by atoms with Gasteiger partial charge in [-0.05, 0) is 175 Å². The highest BCUT2D eigenvalue weighted by Gasteiger charge is 2.49. The van der Waals surface area contributed by atoms with Crippen LogP contribution in [0.15, 0.2) is 220 Å². The molecule has 0 aliphatic carbocycles. The van der Waals surface area contributed by atoms with Crippen molar-refractivity contribution in [3.8, 4) is 34.5 Å². The second kappa shape index (κ2) is 24.9. The maximum atomic E-state index is 12.7. The van der Waals surface area contributed by atoms with Gasteiger partial charge >= 0.3 is 23.0 Å². The third kappa shape index (κ3) is 16.0. The van der Waals surface area contributed by atoms with Crippen molar-refractivity contribution >= 4 is 80.9 Å². The molecule has 1 atom stereocenters. The number of anilines is 5. The summed E-state index contributed by atoms with van der Waals surface area (Å²) in [5.74, 6) is -1.15. The molecule has 0 bridgehead atoms. The predicted molar refractivity (Wildman–Crippen MR) is 312 cm³/mol. The minimum Gasteiger partial charge on any atom is -0.413 e. The van der Waals surface area contributed by atoms with Crippen molar-refractivity contribution in [1.29, 1.82) is 0 Å². The Hall–Kier alpha value is -9.14. The number of aryl methyl sites for hydroxylation is 1. The first-order chi connectivity index (χ1) is 37.5. The molecule has 0 radical (unpaired) electrons. The van der Waals surface area contributed by atoms with Crippen molar-refractivity contribution in [2.75, 3.05) is 26.6 Å². The quantitative estimate of drug-likeness (QED) is 0.0316. The minimum absolute atomic E-state index is 0.126. The van der Waals surface area contributed by atoms with E-state index in [1.807, 2.05) is 19.1 Å². The maximum Gasteiger partial charge on any atom is 0.460 e. The molecule has 0 spiro atoms. The van der Waals surface area contributed by atoms with E-state index >= 15 is 0 Å². The highest BCUT2D eigenvalue weighted by Crippen LogP contribution is 2.78. The van der Waals surface area contributed by atoms with Crippen LogP contribution in [-0.2, 0) is 24.0 Å². The van der Waals surface area contributed by atoms with Gasteiger partial charge in [0, 0.05) is 56.3 Å². The van der Waals surface area contributed by atoms with Gasteiger partial charge in [0.25, 0.3) is 29.5 Å². The minimum atomic E-state index is -4.52.